The number of carbonyl (C=O) groups is 1. The number of amides is 1. The first-order valence-corrected chi connectivity index (χ1v) is 10.8. The summed E-state index contributed by atoms with van der Waals surface area (Å²) < 4.78 is 0. The molecule has 2 aromatic rings. The third-order valence-corrected chi connectivity index (χ3v) is 6.01. The van der Waals surface area contributed by atoms with Gasteiger partial charge >= 0.3 is 0 Å². The van der Waals surface area contributed by atoms with Crippen LogP contribution >= 0.6 is 0 Å². The first-order valence-electron chi connectivity index (χ1n) is 10.8. The Bertz CT molecular complexity index is 837. The Hall–Kier alpha value is -2.27. The zero-order valence-electron chi connectivity index (χ0n) is 18.5. The average Bonchev–Trinajstić information content (AvgIpc) is 3.14. The van der Waals surface area contributed by atoms with E-state index >= 15 is 0 Å². The highest BCUT2D eigenvalue weighted by Gasteiger charge is 2.27. The lowest BCUT2D eigenvalue weighted by Gasteiger charge is -2.20. The van der Waals surface area contributed by atoms with Gasteiger partial charge in [0, 0.05) is 49.0 Å². The van der Waals surface area contributed by atoms with Gasteiger partial charge in [0.1, 0.15) is 5.82 Å². The Balaban J connectivity index is 1.68. The first-order chi connectivity index (χ1) is 13.9. The monoisotopic (exact) mass is 394 g/mol. The Kier molecular flexibility index (Phi) is 7.01. The van der Waals surface area contributed by atoms with Crippen LogP contribution in [0.15, 0.2) is 24.3 Å². The lowest BCUT2D eigenvalue weighted by Crippen LogP contribution is -2.32. The number of nitrogens with zero attached hydrogens (tertiary/aromatic N) is 4. The van der Waals surface area contributed by atoms with Crippen LogP contribution < -0.4 is 0 Å². The van der Waals surface area contributed by atoms with Gasteiger partial charge in [0.25, 0.3) is 0 Å². The van der Waals surface area contributed by atoms with Crippen LogP contribution in [-0.4, -0.2) is 51.9 Å². The van der Waals surface area contributed by atoms with E-state index in [1.54, 1.807) is 0 Å². The van der Waals surface area contributed by atoms with Gasteiger partial charge in [-0.2, -0.15) is 0 Å². The summed E-state index contributed by atoms with van der Waals surface area (Å²) in [5.74, 6) is 1.46. The van der Waals surface area contributed by atoms with E-state index in [1.807, 2.05) is 32.6 Å². The summed E-state index contributed by atoms with van der Waals surface area (Å²) in [6.07, 6.45) is 1.48. The predicted molar refractivity (Wildman–Crippen MR) is 117 cm³/mol. The summed E-state index contributed by atoms with van der Waals surface area (Å²) in [5, 5.41) is 0. The zero-order valence-corrected chi connectivity index (χ0v) is 18.5. The third-order valence-electron chi connectivity index (χ3n) is 6.01. The highest BCUT2D eigenvalue weighted by Crippen LogP contribution is 2.27. The largest absolute Gasteiger partial charge is 0.343 e. The lowest BCUT2D eigenvalue weighted by atomic mass is 10.0. The molecule has 1 amide bonds. The van der Waals surface area contributed by atoms with Gasteiger partial charge in [0.2, 0.25) is 5.91 Å². The second-order valence-electron chi connectivity index (χ2n) is 8.18. The zero-order chi connectivity index (χ0) is 21.0. The van der Waals surface area contributed by atoms with E-state index in [0.717, 1.165) is 61.9 Å². The van der Waals surface area contributed by atoms with Gasteiger partial charge in [-0.15, -0.1) is 0 Å². The second-order valence-corrected chi connectivity index (χ2v) is 8.18. The van der Waals surface area contributed by atoms with Crippen molar-refractivity contribution in [1.82, 2.24) is 19.8 Å². The minimum absolute atomic E-state index is 0.155. The number of hydrogen-bond donors (Lipinski definition) is 0. The van der Waals surface area contributed by atoms with Crippen LogP contribution in [0.1, 0.15) is 60.1 Å². The van der Waals surface area contributed by atoms with Gasteiger partial charge in [-0.1, -0.05) is 29.8 Å². The Morgan fingerprint density at radius 2 is 1.83 bits per heavy atom. The lowest BCUT2D eigenvalue weighted by molar-refractivity contribution is -0.130. The van der Waals surface area contributed by atoms with Gasteiger partial charge in [-0.05, 0) is 53.1 Å². The molecule has 1 fully saturated rings. The normalized spacial score (nSPS) is 16.9. The average molecular weight is 395 g/mol. The molecule has 156 valence electrons. The molecular formula is C24H34N4O. The van der Waals surface area contributed by atoms with E-state index in [2.05, 4.69) is 36.1 Å². The van der Waals surface area contributed by atoms with Gasteiger partial charge in [-0.3, -0.25) is 9.69 Å². The molecule has 29 heavy (non-hydrogen) atoms. The molecule has 2 heterocycles. The summed E-state index contributed by atoms with van der Waals surface area (Å²) in [4.78, 5) is 26.5. The molecule has 1 atom stereocenters. The Labute approximate surface area is 175 Å². The molecule has 1 aromatic heterocycles. The molecule has 5 heteroatoms. The van der Waals surface area contributed by atoms with Crippen LogP contribution in [0, 0.1) is 20.8 Å². The number of hydrogen-bond acceptors (Lipinski definition) is 4. The van der Waals surface area contributed by atoms with E-state index in [-0.39, 0.29) is 5.91 Å². The fraction of sp³-hybridized carbons (Fsp3) is 0.542. The molecule has 0 radical (unpaired) electrons. The molecular weight excluding hydrogens is 360 g/mol. The number of benzene rings is 1. The van der Waals surface area contributed by atoms with Crippen LogP contribution in [0.2, 0.25) is 0 Å². The van der Waals surface area contributed by atoms with Crippen molar-refractivity contribution < 1.29 is 4.79 Å². The van der Waals surface area contributed by atoms with E-state index < -0.39 is 0 Å². The predicted octanol–water partition coefficient (Wildman–Crippen LogP) is 3.80. The summed E-state index contributed by atoms with van der Waals surface area (Å²) in [5.41, 5.74) is 5.56. The van der Waals surface area contributed by atoms with Gasteiger partial charge in [0.05, 0.1) is 6.42 Å². The van der Waals surface area contributed by atoms with E-state index in [4.69, 9.17) is 9.97 Å². The number of likely N-dealkylation sites (N-methyl/N-ethyl adjacent to an activating group) is 1. The van der Waals surface area contributed by atoms with E-state index in [9.17, 15) is 4.79 Å². The number of aromatic nitrogens is 2. The van der Waals surface area contributed by atoms with Crippen molar-refractivity contribution in [1.29, 1.82) is 0 Å². The standard InChI is InChI=1S/C24H34N4O/c1-6-28(7-2)23(29)14-22-18(4)25-24(26-19(22)5)21-11-12-27(16-21)15-20-10-8-9-17(3)13-20/h8-10,13,21H,6-7,11-12,14-16H2,1-5H3/t21-/m1/s1. The molecule has 1 saturated heterocycles. The van der Waals surface area contributed by atoms with Crippen molar-refractivity contribution in [3.63, 3.8) is 0 Å². The van der Waals surface area contributed by atoms with Crippen molar-refractivity contribution in [2.45, 2.75) is 59.9 Å². The van der Waals surface area contributed by atoms with Crippen LogP contribution in [0.3, 0.4) is 0 Å². The highest BCUT2D eigenvalue weighted by atomic mass is 16.2. The molecule has 0 aliphatic carbocycles. The molecule has 0 unspecified atom stereocenters. The summed E-state index contributed by atoms with van der Waals surface area (Å²) in [7, 11) is 0. The maximum atomic E-state index is 12.5. The van der Waals surface area contributed by atoms with Crippen molar-refractivity contribution in [2.75, 3.05) is 26.2 Å². The van der Waals surface area contributed by atoms with Crippen molar-refractivity contribution in [2.24, 2.45) is 0 Å². The fourth-order valence-electron chi connectivity index (χ4n) is 4.30. The summed E-state index contributed by atoms with van der Waals surface area (Å²) in [6, 6.07) is 8.74. The van der Waals surface area contributed by atoms with Crippen molar-refractivity contribution in [3.05, 3.63) is 58.2 Å². The van der Waals surface area contributed by atoms with Crippen LogP contribution in [0.4, 0.5) is 0 Å². The number of aryl methyl sites for hydroxylation is 3. The minimum atomic E-state index is 0.155. The Morgan fingerprint density at radius 3 is 2.45 bits per heavy atom. The fourth-order valence-corrected chi connectivity index (χ4v) is 4.30. The molecule has 0 N–H and O–H groups in total. The van der Waals surface area contributed by atoms with Crippen LogP contribution in [0.5, 0.6) is 0 Å². The molecule has 3 rings (SSSR count). The second kappa shape index (κ2) is 9.49. The minimum Gasteiger partial charge on any atom is -0.343 e. The smallest absolute Gasteiger partial charge is 0.227 e. The van der Waals surface area contributed by atoms with Gasteiger partial charge in [-0.25, -0.2) is 9.97 Å². The van der Waals surface area contributed by atoms with Gasteiger partial charge < -0.3 is 4.90 Å². The molecule has 0 saturated carbocycles. The summed E-state index contributed by atoms with van der Waals surface area (Å²) in [6.45, 7) is 14.7. The molecule has 5 nitrogen and oxygen atoms in total. The molecule has 1 aromatic carbocycles. The number of carbonyl (C=O) groups excluding carboxylic acids is 1. The first kappa shape index (κ1) is 21.4. The number of likely N-dealkylation sites (tertiary alicyclic amines) is 1. The molecule has 0 spiro atoms. The third kappa shape index (κ3) is 5.21. The van der Waals surface area contributed by atoms with Crippen molar-refractivity contribution >= 4 is 5.91 Å². The van der Waals surface area contributed by atoms with Crippen LogP contribution in [0.25, 0.3) is 0 Å². The van der Waals surface area contributed by atoms with E-state index in [1.165, 1.54) is 11.1 Å². The summed E-state index contributed by atoms with van der Waals surface area (Å²) >= 11 is 0. The van der Waals surface area contributed by atoms with Gasteiger partial charge in [0.15, 0.2) is 0 Å². The van der Waals surface area contributed by atoms with Crippen LogP contribution in [-0.2, 0) is 17.8 Å². The number of rotatable bonds is 7. The molecule has 0 bridgehead atoms. The quantitative estimate of drug-likeness (QED) is 0.717. The Morgan fingerprint density at radius 1 is 1.14 bits per heavy atom. The van der Waals surface area contributed by atoms with Crippen molar-refractivity contribution in [3.8, 4) is 0 Å². The maximum Gasteiger partial charge on any atom is 0.227 e. The van der Waals surface area contributed by atoms with E-state index in [0.29, 0.717) is 12.3 Å². The highest BCUT2D eigenvalue weighted by molar-refractivity contribution is 5.79. The molecule has 1 aliphatic rings. The molecule has 1 aliphatic heterocycles. The topological polar surface area (TPSA) is 49.3 Å². The SMILES string of the molecule is CCN(CC)C(=O)Cc1c(C)nc([C@@H]2CCN(Cc3cccc(C)c3)C2)nc1C. The maximum absolute atomic E-state index is 12.5.